The van der Waals surface area contributed by atoms with Gasteiger partial charge in [0.25, 0.3) is 0 Å². The summed E-state index contributed by atoms with van der Waals surface area (Å²) in [5.74, 6) is 2.25. The highest BCUT2D eigenvalue weighted by atomic mass is 35.5. The Morgan fingerprint density at radius 1 is 1.25 bits per heavy atom. The summed E-state index contributed by atoms with van der Waals surface area (Å²) in [6, 6.07) is 6.42. The lowest BCUT2D eigenvalue weighted by molar-refractivity contribution is 0.305. The highest BCUT2D eigenvalue weighted by Crippen LogP contribution is 2.27. The van der Waals surface area contributed by atoms with Gasteiger partial charge in [-0.25, -0.2) is 0 Å². The first-order valence-electron chi connectivity index (χ1n) is 5.94. The summed E-state index contributed by atoms with van der Waals surface area (Å²) >= 11 is 5.63. The molecule has 0 aliphatic carbocycles. The van der Waals surface area contributed by atoms with E-state index in [9.17, 15) is 0 Å². The first-order valence-corrected chi connectivity index (χ1v) is 6.48. The fourth-order valence-corrected chi connectivity index (χ4v) is 1.81. The molecule has 2 heteroatoms. The molecule has 0 heterocycles. The molecule has 16 heavy (non-hydrogen) atoms. The van der Waals surface area contributed by atoms with Gasteiger partial charge in [-0.3, -0.25) is 0 Å². The van der Waals surface area contributed by atoms with Crippen molar-refractivity contribution in [2.75, 3.05) is 12.5 Å². The van der Waals surface area contributed by atoms with Gasteiger partial charge >= 0.3 is 0 Å². The van der Waals surface area contributed by atoms with Crippen LogP contribution in [-0.4, -0.2) is 12.5 Å². The van der Waals surface area contributed by atoms with Crippen LogP contribution in [0.25, 0.3) is 0 Å². The van der Waals surface area contributed by atoms with Crippen LogP contribution in [0.1, 0.15) is 43.7 Å². The molecule has 0 aliphatic heterocycles. The molecule has 1 nitrogen and oxygen atoms in total. The van der Waals surface area contributed by atoms with Crippen molar-refractivity contribution < 1.29 is 4.74 Å². The molecule has 0 unspecified atom stereocenters. The van der Waals surface area contributed by atoms with Gasteiger partial charge in [-0.1, -0.05) is 26.0 Å². The van der Waals surface area contributed by atoms with E-state index in [1.54, 1.807) is 0 Å². The van der Waals surface area contributed by atoms with Gasteiger partial charge in [-0.05, 0) is 42.9 Å². The molecule has 0 atom stereocenters. The van der Waals surface area contributed by atoms with Crippen LogP contribution in [0.5, 0.6) is 5.75 Å². The van der Waals surface area contributed by atoms with Crippen molar-refractivity contribution in [1.82, 2.24) is 0 Å². The number of hydrogen-bond donors (Lipinski definition) is 0. The number of ether oxygens (including phenoxy) is 1. The van der Waals surface area contributed by atoms with Gasteiger partial charge < -0.3 is 4.74 Å². The summed E-state index contributed by atoms with van der Waals surface area (Å²) < 4.78 is 5.82. The van der Waals surface area contributed by atoms with Crippen molar-refractivity contribution >= 4 is 11.6 Å². The molecule has 0 spiro atoms. The Bertz CT molecular complexity index is 321. The van der Waals surface area contributed by atoms with Crippen LogP contribution in [0.15, 0.2) is 18.2 Å². The maximum Gasteiger partial charge on any atom is 0.122 e. The van der Waals surface area contributed by atoms with Crippen LogP contribution < -0.4 is 4.74 Å². The highest BCUT2D eigenvalue weighted by molar-refractivity contribution is 6.17. The summed E-state index contributed by atoms with van der Waals surface area (Å²) in [4.78, 5) is 0. The van der Waals surface area contributed by atoms with Crippen molar-refractivity contribution in [3.05, 3.63) is 29.3 Å². The normalized spacial score (nSPS) is 10.8. The van der Waals surface area contributed by atoms with Gasteiger partial charge in [0.15, 0.2) is 0 Å². The molecule has 1 aromatic carbocycles. The van der Waals surface area contributed by atoms with Crippen molar-refractivity contribution in [3.8, 4) is 5.75 Å². The minimum absolute atomic E-state index is 0.503. The molecule has 1 aromatic rings. The van der Waals surface area contributed by atoms with Crippen LogP contribution in [0.4, 0.5) is 0 Å². The lowest BCUT2D eigenvalue weighted by atomic mass is 10.0. The summed E-state index contributed by atoms with van der Waals surface area (Å²) in [6.07, 6.45) is 2.04. The SMILES string of the molecule is Cc1ccc(C(C)C)c(OCCCCCl)c1. The second-order valence-corrected chi connectivity index (χ2v) is 4.82. The average molecular weight is 241 g/mol. The minimum atomic E-state index is 0.503. The quantitative estimate of drug-likeness (QED) is 0.525. The molecular formula is C14H21ClO. The van der Waals surface area contributed by atoms with Crippen LogP contribution in [0.2, 0.25) is 0 Å². The Labute approximate surface area is 104 Å². The third kappa shape index (κ3) is 4.05. The van der Waals surface area contributed by atoms with Crippen molar-refractivity contribution in [1.29, 1.82) is 0 Å². The van der Waals surface area contributed by atoms with E-state index in [-0.39, 0.29) is 0 Å². The molecule has 0 radical (unpaired) electrons. The lowest BCUT2D eigenvalue weighted by Gasteiger charge is -2.14. The number of halogens is 1. The largest absolute Gasteiger partial charge is 0.493 e. The van der Waals surface area contributed by atoms with Crippen molar-refractivity contribution in [3.63, 3.8) is 0 Å². The number of unbranched alkanes of at least 4 members (excludes halogenated alkanes) is 1. The van der Waals surface area contributed by atoms with Crippen LogP contribution >= 0.6 is 11.6 Å². The molecule has 90 valence electrons. The zero-order valence-electron chi connectivity index (χ0n) is 10.4. The highest BCUT2D eigenvalue weighted by Gasteiger charge is 2.07. The van der Waals surface area contributed by atoms with E-state index in [1.165, 1.54) is 11.1 Å². The summed E-state index contributed by atoms with van der Waals surface area (Å²) in [5, 5.41) is 0. The zero-order valence-corrected chi connectivity index (χ0v) is 11.2. The van der Waals surface area contributed by atoms with E-state index in [0.29, 0.717) is 11.8 Å². The Balaban J connectivity index is 2.65. The van der Waals surface area contributed by atoms with E-state index >= 15 is 0 Å². The smallest absolute Gasteiger partial charge is 0.122 e. The van der Waals surface area contributed by atoms with Gasteiger partial charge in [-0.2, -0.15) is 0 Å². The van der Waals surface area contributed by atoms with Crippen LogP contribution in [0, 0.1) is 6.92 Å². The molecule has 0 aromatic heterocycles. The molecule has 0 bridgehead atoms. The van der Waals surface area contributed by atoms with E-state index in [0.717, 1.165) is 25.2 Å². The first kappa shape index (κ1) is 13.4. The maximum absolute atomic E-state index is 5.82. The van der Waals surface area contributed by atoms with E-state index < -0.39 is 0 Å². The molecule has 0 saturated heterocycles. The summed E-state index contributed by atoms with van der Waals surface area (Å²) in [6.45, 7) is 7.23. The summed E-state index contributed by atoms with van der Waals surface area (Å²) in [5.41, 5.74) is 2.54. The third-order valence-electron chi connectivity index (χ3n) is 2.58. The maximum atomic E-state index is 5.82. The molecule has 0 amide bonds. The van der Waals surface area contributed by atoms with Gasteiger partial charge in [0.05, 0.1) is 6.61 Å². The number of rotatable bonds is 6. The van der Waals surface area contributed by atoms with Gasteiger partial charge in [-0.15, -0.1) is 11.6 Å². The average Bonchev–Trinajstić information content (AvgIpc) is 2.24. The monoisotopic (exact) mass is 240 g/mol. The van der Waals surface area contributed by atoms with Crippen LogP contribution in [-0.2, 0) is 0 Å². The molecule has 0 N–H and O–H groups in total. The van der Waals surface area contributed by atoms with Crippen molar-refractivity contribution in [2.24, 2.45) is 0 Å². The number of aryl methyl sites for hydroxylation is 1. The predicted molar refractivity (Wildman–Crippen MR) is 70.7 cm³/mol. The minimum Gasteiger partial charge on any atom is -0.493 e. The Morgan fingerprint density at radius 3 is 2.62 bits per heavy atom. The van der Waals surface area contributed by atoms with E-state index in [4.69, 9.17) is 16.3 Å². The fourth-order valence-electron chi connectivity index (χ4n) is 1.62. The van der Waals surface area contributed by atoms with Crippen LogP contribution in [0.3, 0.4) is 0 Å². The predicted octanol–water partition coefficient (Wildman–Crippen LogP) is 4.52. The topological polar surface area (TPSA) is 9.23 Å². The second-order valence-electron chi connectivity index (χ2n) is 4.44. The molecule has 1 rings (SSSR count). The number of alkyl halides is 1. The van der Waals surface area contributed by atoms with Gasteiger partial charge in [0, 0.05) is 5.88 Å². The Morgan fingerprint density at radius 2 is 2.00 bits per heavy atom. The fraction of sp³-hybridized carbons (Fsp3) is 0.571. The van der Waals surface area contributed by atoms with Gasteiger partial charge in [0.2, 0.25) is 0 Å². The molecule has 0 fully saturated rings. The zero-order chi connectivity index (χ0) is 12.0. The molecule has 0 saturated carbocycles. The second kappa shape index (κ2) is 6.80. The summed E-state index contributed by atoms with van der Waals surface area (Å²) in [7, 11) is 0. The molecular weight excluding hydrogens is 220 g/mol. The Hall–Kier alpha value is -0.690. The first-order chi connectivity index (χ1) is 7.65. The van der Waals surface area contributed by atoms with Crippen molar-refractivity contribution in [2.45, 2.75) is 39.5 Å². The standard InChI is InChI=1S/C14H21ClO/c1-11(2)13-7-6-12(3)10-14(13)16-9-5-4-8-15/h6-7,10-11H,4-5,8-9H2,1-3H3. The van der Waals surface area contributed by atoms with E-state index in [2.05, 4.69) is 39.0 Å². The number of benzene rings is 1. The third-order valence-corrected chi connectivity index (χ3v) is 2.84. The van der Waals surface area contributed by atoms with E-state index in [1.807, 2.05) is 0 Å². The Kier molecular flexibility index (Phi) is 5.68. The molecule has 0 aliphatic rings. The van der Waals surface area contributed by atoms with Gasteiger partial charge in [0.1, 0.15) is 5.75 Å². The lowest BCUT2D eigenvalue weighted by Crippen LogP contribution is -2.02. The number of hydrogen-bond acceptors (Lipinski definition) is 1.